The van der Waals surface area contributed by atoms with Crippen LogP contribution in [0.4, 0.5) is 5.00 Å². The van der Waals surface area contributed by atoms with Gasteiger partial charge in [0.1, 0.15) is 0 Å². The summed E-state index contributed by atoms with van der Waals surface area (Å²) in [6.07, 6.45) is 3.38. The van der Waals surface area contributed by atoms with Gasteiger partial charge in [0.15, 0.2) is 16.9 Å². The molecule has 9 heteroatoms. The van der Waals surface area contributed by atoms with Crippen molar-refractivity contribution in [1.82, 2.24) is 4.98 Å². The van der Waals surface area contributed by atoms with Gasteiger partial charge >= 0.3 is 5.00 Å². The van der Waals surface area contributed by atoms with Crippen molar-refractivity contribution in [3.63, 3.8) is 0 Å². The number of rotatable bonds is 6. The number of thiophene rings is 1. The van der Waals surface area contributed by atoms with Crippen molar-refractivity contribution in [3.05, 3.63) is 55.2 Å². The fraction of sp³-hybridized carbons (Fsp3) is 0.167. The van der Waals surface area contributed by atoms with E-state index in [1.165, 1.54) is 33.5 Å². The molecule has 0 saturated heterocycles. The molecular weight excluding hydrogens is 372 g/mol. The van der Waals surface area contributed by atoms with Gasteiger partial charge in [-0.05, 0) is 18.2 Å². The summed E-state index contributed by atoms with van der Waals surface area (Å²) < 4.78 is 16.0. The highest BCUT2D eigenvalue weighted by Crippen LogP contribution is 2.41. The van der Waals surface area contributed by atoms with Crippen molar-refractivity contribution in [2.45, 2.75) is 0 Å². The third-order valence-electron chi connectivity index (χ3n) is 3.86. The molecule has 0 amide bonds. The van der Waals surface area contributed by atoms with Crippen LogP contribution in [0.2, 0.25) is 0 Å². The van der Waals surface area contributed by atoms with Crippen molar-refractivity contribution < 1.29 is 19.1 Å². The Kier molecular flexibility index (Phi) is 5.13. The second-order valence-corrected chi connectivity index (χ2v) is 6.52. The lowest BCUT2D eigenvalue weighted by Crippen LogP contribution is -2.07. The Bertz CT molecular complexity index is 1100. The lowest BCUT2D eigenvalue weighted by molar-refractivity contribution is -0.380. The molecule has 27 heavy (non-hydrogen) atoms. The van der Waals surface area contributed by atoms with Gasteiger partial charge in [0.05, 0.1) is 37.2 Å². The quantitative estimate of drug-likeness (QED) is 0.510. The number of pyridine rings is 1. The SMILES string of the molecule is COc1cc2[nH]c(/C=C/c3ccc([N+](=O)[O-])s3)cc(=O)c2c(OC)c1OC. The summed E-state index contributed by atoms with van der Waals surface area (Å²) in [4.78, 5) is 26.8. The van der Waals surface area contributed by atoms with Crippen LogP contribution in [0.3, 0.4) is 0 Å². The van der Waals surface area contributed by atoms with Gasteiger partial charge in [-0.25, -0.2) is 0 Å². The number of methoxy groups -OCH3 is 3. The lowest BCUT2D eigenvalue weighted by Gasteiger charge is -2.14. The molecule has 0 saturated carbocycles. The second-order valence-electron chi connectivity index (χ2n) is 5.42. The minimum absolute atomic E-state index is 0.0585. The molecule has 0 aliphatic heterocycles. The third kappa shape index (κ3) is 3.49. The van der Waals surface area contributed by atoms with Crippen LogP contribution in [0.25, 0.3) is 23.1 Å². The van der Waals surface area contributed by atoms with Crippen LogP contribution < -0.4 is 19.6 Å². The number of fused-ring (bicyclic) bond motifs is 1. The van der Waals surface area contributed by atoms with Gasteiger partial charge in [-0.1, -0.05) is 11.3 Å². The van der Waals surface area contributed by atoms with E-state index in [0.717, 1.165) is 11.3 Å². The first-order valence-corrected chi connectivity index (χ1v) is 8.58. The number of nitrogens with one attached hydrogen (secondary N) is 1. The number of nitro groups is 1. The first-order chi connectivity index (χ1) is 13.0. The van der Waals surface area contributed by atoms with E-state index in [4.69, 9.17) is 14.2 Å². The highest BCUT2D eigenvalue weighted by molar-refractivity contribution is 7.16. The zero-order valence-electron chi connectivity index (χ0n) is 14.8. The van der Waals surface area contributed by atoms with Gasteiger partial charge in [-0.2, -0.15) is 0 Å². The molecule has 0 fully saturated rings. The van der Waals surface area contributed by atoms with Crippen LogP contribution in [0.1, 0.15) is 10.6 Å². The molecule has 0 spiro atoms. The average molecular weight is 388 g/mol. The monoisotopic (exact) mass is 388 g/mol. The van der Waals surface area contributed by atoms with Gasteiger partial charge < -0.3 is 19.2 Å². The number of aromatic amines is 1. The summed E-state index contributed by atoms with van der Waals surface area (Å²) in [5.74, 6) is 1.05. The maximum absolute atomic E-state index is 12.6. The molecule has 0 unspecified atom stereocenters. The molecule has 2 heterocycles. The van der Waals surface area contributed by atoms with E-state index < -0.39 is 4.92 Å². The van der Waals surface area contributed by atoms with E-state index in [2.05, 4.69) is 4.98 Å². The van der Waals surface area contributed by atoms with Crippen LogP contribution in [-0.4, -0.2) is 31.2 Å². The van der Waals surface area contributed by atoms with Crippen molar-refractivity contribution in [2.75, 3.05) is 21.3 Å². The van der Waals surface area contributed by atoms with E-state index in [9.17, 15) is 14.9 Å². The molecule has 1 N–H and O–H groups in total. The molecular formula is C18H16N2O6S. The van der Waals surface area contributed by atoms with Gasteiger partial charge in [-0.15, -0.1) is 0 Å². The van der Waals surface area contributed by atoms with Crippen LogP contribution in [0.15, 0.2) is 29.1 Å². The zero-order chi connectivity index (χ0) is 19.6. The molecule has 0 bridgehead atoms. The number of H-pyrrole nitrogens is 1. The number of nitrogens with zero attached hydrogens (tertiary/aromatic N) is 1. The van der Waals surface area contributed by atoms with E-state index in [-0.39, 0.29) is 16.2 Å². The minimum Gasteiger partial charge on any atom is -0.493 e. The molecule has 0 aliphatic carbocycles. The molecule has 8 nitrogen and oxygen atoms in total. The summed E-state index contributed by atoms with van der Waals surface area (Å²) in [7, 11) is 4.42. The molecule has 140 valence electrons. The molecule has 0 radical (unpaired) electrons. The van der Waals surface area contributed by atoms with Crippen molar-refractivity contribution >= 4 is 39.4 Å². The first kappa shape index (κ1) is 18.5. The second kappa shape index (κ2) is 7.50. The summed E-state index contributed by atoms with van der Waals surface area (Å²) in [5, 5.41) is 11.2. The number of hydrogen-bond donors (Lipinski definition) is 1. The molecule has 3 aromatic rings. The Morgan fingerprint density at radius 1 is 1.07 bits per heavy atom. The van der Waals surface area contributed by atoms with Crippen molar-refractivity contribution in [1.29, 1.82) is 0 Å². The molecule has 0 aliphatic rings. The summed E-state index contributed by atoms with van der Waals surface area (Å²) in [6.45, 7) is 0. The van der Waals surface area contributed by atoms with E-state index in [1.54, 1.807) is 24.3 Å². The largest absolute Gasteiger partial charge is 0.493 e. The van der Waals surface area contributed by atoms with E-state index in [0.29, 0.717) is 33.0 Å². The minimum atomic E-state index is -0.439. The Labute approximate surface area is 157 Å². The van der Waals surface area contributed by atoms with Crippen LogP contribution in [0.5, 0.6) is 17.2 Å². The number of hydrogen-bond acceptors (Lipinski definition) is 7. The Balaban J connectivity index is 2.09. The normalized spacial score (nSPS) is 11.1. The van der Waals surface area contributed by atoms with Gasteiger partial charge in [-0.3, -0.25) is 14.9 Å². The number of ether oxygens (including phenoxy) is 3. The van der Waals surface area contributed by atoms with Gasteiger partial charge in [0, 0.05) is 28.8 Å². The topological polar surface area (TPSA) is 104 Å². The number of aromatic nitrogens is 1. The third-order valence-corrected chi connectivity index (χ3v) is 4.86. The van der Waals surface area contributed by atoms with E-state index in [1.807, 2.05) is 0 Å². The summed E-state index contributed by atoms with van der Waals surface area (Å²) in [5.41, 5.74) is 0.810. The first-order valence-electron chi connectivity index (χ1n) is 7.76. The standard InChI is InChI=1S/C18H16N2O6S/c1-24-14-9-12-16(18(26-3)17(14)25-2)13(21)8-10(19-12)4-5-11-6-7-15(27-11)20(22)23/h4-9H,1-3H3,(H,19,21)/b5-4+. The van der Waals surface area contributed by atoms with Crippen LogP contribution >= 0.6 is 11.3 Å². The summed E-state index contributed by atoms with van der Waals surface area (Å²) in [6, 6.07) is 6.17. The Hall–Kier alpha value is -3.33. The zero-order valence-corrected chi connectivity index (χ0v) is 15.6. The van der Waals surface area contributed by atoms with Crippen LogP contribution in [0, 0.1) is 10.1 Å². The Morgan fingerprint density at radius 2 is 1.81 bits per heavy atom. The van der Waals surface area contributed by atoms with E-state index >= 15 is 0 Å². The van der Waals surface area contributed by atoms with Crippen LogP contribution in [-0.2, 0) is 0 Å². The predicted octanol–water partition coefficient (Wildman–Crippen LogP) is 3.69. The predicted molar refractivity (Wildman–Crippen MR) is 104 cm³/mol. The Morgan fingerprint density at radius 3 is 2.41 bits per heavy atom. The number of benzene rings is 1. The smallest absolute Gasteiger partial charge is 0.324 e. The lowest BCUT2D eigenvalue weighted by atomic mass is 10.1. The molecule has 2 aromatic heterocycles. The fourth-order valence-corrected chi connectivity index (χ4v) is 3.42. The molecule has 1 aromatic carbocycles. The summed E-state index contributed by atoms with van der Waals surface area (Å²) >= 11 is 1.05. The van der Waals surface area contributed by atoms with Crippen molar-refractivity contribution in [2.24, 2.45) is 0 Å². The van der Waals surface area contributed by atoms with Gasteiger partial charge in [0.2, 0.25) is 5.75 Å². The molecule has 3 rings (SSSR count). The maximum Gasteiger partial charge on any atom is 0.324 e. The fourth-order valence-electron chi connectivity index (χ4n) is 2.70. The van der Waals surface area contributed by atoms with Crippen molar-refractivity contribution in [3.8, 4) is 17.2 Å². The maximum atomic E-state index is 12.6. The molecule has 0 atom stereocenters. The highest BCUT2D eigenvalue weighted by atomic mass is 32.1. The average Bonchev–Trinajstić information content (AvgIpc) is 3.14. The van der Waals surface area contributed by atoms with Gasteiger partial charge in [0.25, 0.3) is 0 Å². The highest BCUT2D eigenvalue weighted by Gasteiger charge is 2.18.